The Morgan fingerprint density at radius 1 is 1.40 bits per heavy atom. The van der Waals surface area contributed by atoms with Gasteiger partial charge in [-0.15, -0.1) is 0 Å². The predicted molar refractivity (Wildman–Crippen MR) is 77.6 cm³/mol. The molecule has 0 radical (unpaired) electrons. The summed E-state index contributed by atoms with van der Waals surface area (Å²) in [7, 11) is 0. The van der Waals surface area contributed by atoms with E-state index in [1.54, 1.807) is 24.3 Å². The van der Waals surface area contributed by atoms with E-state index in [0.717, 1.165) is 31.6 Å². The van der Waals surface area contributed by atoms with E-state index in [4.69, 9.17) is 15.2 Å². The molecule has 0 aliphatic carbocycles. The van der Waals surface area contributed by atoms with Gasteiger partial charge in [0.25, 0.3) is 0 Å². The normalized spacial score (nSPS) is 17.9. The Kier molecular flexibility index (Phi) is 5.68. The van der Waals surface area contributed by atoms with Gasteiger partial charge in [0.2, 0.25) is 5.91 Å². The van der Waals surface area contributed by atoms with Crippen LogP contribution in [0.15, 0.2) is 24.3 Å². The van der Waals surface area contributed by atoms with Crippen LogP contribution in [0.5, 0.6) is 5.75 Å². The molecule has 1 heterocycles. The highest BCUT2D eigenvalue weighted by molar-refractivity contribution is 5.75. The average molecular weight is 278 g/mol. The van der Waals surface area contributed by atoms with E-state index in [1.807, 2.05) is 0 Å². The molecule has 3 N–H and O–H groups in total. The number of hydrogen-bond acceptors (Lipinski definition) is 4. The second-order valence-corrected chi connectivity index (χ2v) is 4.94. The van der Waals surface area contributed by atoms with Gasteiger partial charge in [0.05, 0.1) is 19.1 Å². The molecule has 1 aromatic carbocycles. The molecule has 5 heteroatoms. The molecule has 0 saturated carbocycles. The number of carbonyl (C=O) groups excluding carboxylic acids is 1. The van der Waals surface area contributed by atoms with Gasteiger partial charge in [-0.3, -0.25) is 4.79 Å². The molecule has 2 rings (SSSR count). The van der Waals surface area contributed by atoms with E-state index in [9.17, 15) is 4.79 Å². The Morgan fingerprint density at radius 2 is 2.20 bits per heavy atom. The van der Waals surface area contributed by atoms with Gasteiger partial charge in [0, 0.05) is 18.8 Å². The highest BCUT2D eigenvalue weighted by Crippen LogP contribution is 2.14. The van der Waals surface area contributed by atoms with E-state index in [-0.39, 0.29) is 5.91 Å². The smallest absolute Gasteiger partial charge is 0.223 e. The minimum atomic E-state index is 0.0124. The fourth-order valence-corrected chi connectivity index (χ4v) is 2.16. The van der Waals surface area contributed by atoms with Crippen molar-refractivity contribution < 1.29 is 14.3 Å². The topological polar surface area (TPSA) is 73.6 Å². The molecule has 1 saturated heterocycles. The number of rotatable bonds is 7. The van der Waals surface area contributed by atoms with Crippen LogP contribution >= 0.6 is 0 Å². The standard InChI is InChI=1S/C15H22N2O3/c16-12-3-5-14(6-4-12)20-11-8-15(18)17-9-7-13-2-1-10-19-13/h3-6,13H,1-2,7-11,16H2,(H,17,18). The first-order valence-electron chi connectivity index (χ1n) is 7.10. The quantitative estimate of drug-likeness (QED) is 0.745. The van der Waals surface area contributed by atoms with Crippen LogP contribution in [0.3, 0.4) is 0 Å². The molecule has 0 aromatic heterocycles. The van der Waals surface area contributed by atoms with Crippen LogP contribution in [0.25, 0.3) is 0 Å². The van der Waals surface area contributed by atoms with Gasteiger partial charge in [-0.25, -0.2) is 0 Å². The zero-order valence-corrected chi connectivity index (χ0v) is 11.6. The lowest BCUT2D eigenvalue weighted by Crippen LogP contribution is -2.28. The number of nitrogens with two attached hydrogens (primary N) is 1. The van der Waals surface area contributed by atoms with Crippen molar-refractivity contribution in [2.75, 3.05) is 25.5 Å². The molecule has 110 valence electrons. The summed E-state index contributed by atoms with van der Waals surface area (Å²) in [6.07, 6.45) is 3.81. The Balaban J connectivity index is 1.54. The largest absolute Gasteiger partial charge is 0.493 e. The van der Waals surface area contributed by atoms with Gasteiger partial charge in [-0.2, -0.15) is 0 Å². The summed E-state index contributed by atoms with van der Waals surface area (Å²) in [6.45, 7) is 1.90. The molecule has 0 spiro atoms. The molecule has 1 aromatic rings. The van der Waals surface area contributed by atoms with Crippen LogP contribution in [-0.4, -0.2) is 31.8 Å². The summed E-state index contributed by atoms with van der Waals surface area (Å²) in [5.41, 5.74) is 6.28. The van der Waals surface area contributed by atoms with E-state index in [1.165, 1.54) is 0 Å². The van der Waals surface area contributed by atoms with Gasteiger partial charge in [-0.1, -0.05) is 0 Å². The second-order valence-electron chi connectivity index (χ2n) is 4.94. The third-order valence-corrected chi connectivity index (χ3v) is 3.29. The van der Waals surface area contributed by atoms with Crippen molar-refractivity contribution in [3.63, 3.8) is 0 Å². The minimum Gasteiger partial charge on any atom is -0.493 e. The Morgan fingerprint density at radius 3 is 2.90 bits per heavy atom. The van der Waals surface area contributed by atoms with Gasteiger partial charge < -0.3 is 20.5 Å². The summed E-state index contributed by atoms with van der Waals surface area (Å²) in [4.78, 5) is 11.6. The molecule has 20 heavy (non-hydrogen) atoms. The third-order valence-electron chi connectivity index (χ3n) is 3.29. The summed E-state index contributed by atoms with van der Waals surface area (Å²) >= 11 is 0. The number of anilines is 1. The van der Waals surface area contributed by atoms with Gasteiger partial charge in [0.1, 0.15) is 5.75 Å². The molecule has 1 unspecified atom stereocenters. The number of nitrogen functional groups attached to an aromatic ring is 1. The first kappa shape index (κ1) is 14.7. The number of nitrogens with one attached hydrogen (secondary N) is 1. The minimum absolute atomic E-state index is 0.0124. The molecule has 1 atom stereocenters. The summed E-state index contributed by atoms with van der Waals surface area (Å²) < 4.78 is 11.0. The maximum atomic E-state index is 11.6. The fraction of sp³-hybridized carbons (Fsp3) is 0.533. The Hall–Kier alpha value is -1.75. The van der Waals surface area contributed by atoms with Crippen LogP contribution in [0.4, 0.5) is 5.69 Å². The van der Waals surface area contributed by atoms with Crippen LogP contribution in [0.1, 0.15) is 25.7 Å². The van der Waals surface area contributed by atoms with Crippen molar-refractivity contribution in [2.24, 2.45) is 0 Å². The molecule has 1 fully saturated rings. The van der Waals surface area contributed by atoms with Crippen LogP contribution in [-0.2, 0) is 9.53 Å². The number of ether oxygens (including phenoxy) is 2. The maximum absolute atomic E-state index is 11.6. The lowest BCUT2D eigenvalue weighted by molar-refractivity contribution is -0.121. The highest BCUT2D eigenvalue weighted by Gasteiger charge is 2.14. The highest BCUT2D eigenvalue weighted by atomic mass is 16.5. The molecule has 1 amide bonds. The second kappa shape index (κ2) is 7.75. The molecule has 1 aliphatic rings. The number of amides is 1. The SMILES string of the molecule is Nc1ccc(OCCC(=O)NCCC2CCCO2)cc1. The third kappa shape index (κ3) is 5.09. The van der Waals surface area contributed by atoms with Crippen molar-refractivity contribution in [2.45, 2.75) is 31.8 Å². The molecule has 1 aliphatic heterocycles. The van der Waals surface area contributed by atoms with E-state index in [0.29, 0.717) is 31.4 Å². The van der Waals surface area contributed by atoms with Crippen molar-refractivity contribution >= 4 is 11.6 Å². The lowest BCUT2D eigenvalue weighted by Gasteiger charge is -2.10. The molecule has 5 nitrogen and oxygen atoms in total. The van der Waals surface area contributed by atoms with E-state index >= 15 is 0 Å². The molecular formula is C15H22N2O3. The van der Waals surface area contributed by atoms with Gasteiger partial charge in [0.15, 0.2) is 0 Å². The van der Waals surface area contributed by atoms with Crippen molar-refractivity contribution in [3.8, 4) is 5.75 Å². The summed E-state index contributed by atoms with van der Waals surface area (Å²) in [5.74, 6) is 0.741. The zero-order valence-electron chi connectivity index (χ0n) is 11.6. The molecular weight excluding hydrogens is 256 g/mol. The number of hydrogen-bond donors (Lipinski definition) is 2. The van der Waals surface area contributed by atoms with Gasteiger partial charge in [-0.05, 0) is 43.5 Å². The van der Waals surface area contributed by atoms with Crippen molar-refractivity contribution in [1.29, 1.82) is 0 Å². The first-order valence-corrected chi connectivity index (χ1v) is 7.10. The van der Waals surface area contributed by atoms with E-state index < -0.39 is 0 Å². The predicted octanol–water partition coefficient (Wildman–Crippen LogP) is 1.72. The first-order chi connectivity index (χ1) is 9.74. The van der Waals surface area contributed by atoms with Crippen LogP contribution in [0.2, 0.25) is 0 Å². The van der Waals surface area contributed by atoms with Crippen molar-refractivity contribution in [1.82, 2.24) is 5.32 Å². The average Bonchev–Trinajstić information content (AvgIpc) is 2.94. The number of benzene rings is 1. The Labute approximate surface area is 119 Å². The lowest BCUT2D eigenvalue weighted by atomic mass is 10.2. The van der Waals surface area contributed by atoms with E-state index in [2.05, 4.69) is 5.32 Å². The fourth-order valence-electron chi connectivity index (χ4n) is 2.16. The van der Waals surface area contributed by atoms with Crippen molar-refractivity contribution in [3.05, 3.63) is 24.3 Å². The van der Waals surface area contributed by atoms with Gasteiger partial charge >= 0.3 is 0 Å². The molecule has 0 bridgehead atoms. The summed E-state index contributed by atoms with van der Waals surface area (Å²) in [6, 6.07) is 7.14. The number of carbonyl (C=O) groups is 1. The Bertz CT molecular complexity index is 414. The summed E-state index contributed by atoms with van der Waals surface area (Å²) in [5, 5.41) is 2.89. The van der Waals surface area contributed by atoms with Crippen LogP contribution < -0.4 is 15.8 Å². The monoisotopic (exact) mass is 278 g/mol. The maximum Gasteiger partial charge on any atom is 0.223 e. The zero-order chi connectivity index (χ0) is 14.2. The van der Waals surface area contributed by atoms with Crippen LogP contribution in [0, 0.1) is 0 Å².